The molecular formula is C18H13BrO4. The Morgan fingerprint density at radius 2 is 1.91 bits per heavy atom. The van der Waals surface area contributed by atoms with E-state index in [0.29, 0.717) is 28.0 Å². The van der Waals surface area contributed by atoms with Crippen molar-refractivity contribution >= 4 is 21.9 Å². The standard InChI is InChI=1S/C18H13BrO4/c19-15-11-23-17(18(20)21)16(15)13-7-4-8-14(9-13)22-10-12-5-2-1-3-6-12/h1-9,11H,10H2,(H,20,21). The molecule has 3 rings (SSSR count). The molecule has 1 heterocycles. The maximum atomic E-state index is 11.3. The van der Waals surface area contributed by atoms with Crippen molar-refractivity contribution in [1.29, 1.82) is 0 Å². The lowest BCUT2D eigenvalue weighted by molar-refractivity contribution is 0.0663. The Bertz CT molecular complexity index is 824. The van der Waals surface area contributed by atoms with Gasteiger partial charge in [0.2, 0.25) is 5.76 Å². The maximum Gasteiger partial charge on any atom is 0.372 e. The smallest absolute Gasteiger partial charge is 0.372 e. The van der Waals surface area contributed by atoms with Crippen LogP contribution in [0.1, 0.15) is 16.1 Å². The van der Waals surface area contributed by atoms with Gasteiger partial charge in [0.25, 0.3) is 0 Å². The molecule has 2 aromatic carbocycles. The zero-order valence-electron chi connectivity index (χ0n) is 12.0. The minimum atomic E-state index is -1.11. The van der Waals surface area contributed by atoms with Crippen LogP contribution in [0.4, 0.5) is 0 Å². The van der Waals surface area contributed by atoms with E-state index in [1.54, 1.807) is 6.07 Å². The Morgan fingerprint density at radius 1 is 1.13 bits per heavy atom. The normalized spacial score (nSPS) is 10.5. The number of halogens is 1. The third-order valence-corrected chi connectivity index (χ3v) is 3.89. The van der Waals surface area contributed by atoms with Crippen LogP contribution in [0.2, 0.25) is 0 Å². The zero-order chi connectivity index (χ0) is 16.2. The van der Waals surface area contributed by atoms with Gasteiger partial charge in [-0.3, -0.25) is 0 Å². The van der Waals surface area contributed by atoms with Gasteiger partial charge in [0, 0.05) is 5.56 Å². The zero-order valence-corrected chi connectivity index (χ0v) is 13.6. The Balaban J connectivity index is 1.86. The third kappa shape index (κ3) is 3.46. The van der Waals surface area contributed by atoms with Crippen LogP contribution in [0.5, 0.6) is 5.75 Å². The molecule has 0 saturated carbocycles. The number of benzene rings is 2. The van der Waals surface area contributed by atoms with Crippen molar-refractivity contribution in [3.63, 3.8) is 0 Å². The molecule has 4 nitrogen and oxygen atoms in total. The molecule has 3 aromatic rings. The molecule has 0 radical (unpaired) electrons. The fourth-order valence-electron chi connectivity index (χ4n) is 2.25. The first kappa shape index (κ1) is 15.4. The van der Waals surface area contributed by atoms with Crippen LogP contribution in [0.15, 0.2) is 69.8 Å². The van der Waals surface area contributed by atoms with Crippen LogP contribution in [-0.2, 0) is 6.61 Å². The highest BCUT2D eigenvalue weighted by Gasteiger charge is 2.20. The van der Waals surface area contributed by atoms with E-state index in [-0.39, 0.29) is 5.76 Å². The summed E-state index contributed by atoms with van der Waals surface area (Å²) in [6.07, 6.45) is 1.37. The van der Waals surface area contributed by atoms with Gasteiger partial charge in [0.05, 0.1) is 4.47 Å². The van der Waals surface area contributed by atoms with Gasteiger partial charge >= 0.3 is 5.97 Å². The van der Waals surface area contributed by atoms with E-state index in [1.165, 1.54) is 6.26 Å². The fraction of sp³-hybridized carbons (Fsp3) is 0.0556. The minimum Gasteiger partial charge on any atom is -0.489 e. The first-order valence-corrected chi connectivity index (χ1v) is 7.72. The number of carbonyl (C=O) groups is 1. The van der Waals surface area contributed by atoms with Crippen molar-refractivity contribution in [2.45, 2.75) is 6.61 Å². The van der Waals surface area contributed by atoms with Gasteiger partial charge in [-0.2, -0.15) is 0 Å². The van der Waals surface area contributed by atoms with Crippen LogP contribution in [-0.4, -0.2) is 11.1 Å². The predicted octanol–water partition coefficient (Wildman–Crippen LogP) is 4.99. The van der Waals surface area contributed by atoms with E-state index in [4.69, 9.17) is 9.15 Å². The number of carboxylic acid groups (broad SMARTS) is 1. The molecule has 0 aliphatic carbocycles. The van der Waals surface area contributed by atoms with Crippen LogP contribution in [0, 0.1) is 0 Å². The lowest BCUT2D eigenvalue weighted by atomic mass is 10.1. The van der Waals surface area contributed by atoms with Gasteiger partial charge < -0.3 is 14.3 Å². The second kappa shape index (κ2) is 6.71. The summed E-state index contributed by atoms with van der Waals surface area (Å²) in [7, 11) is 0. The minimum absolute atomic E-state index is 0.0999. The Labute approximate surface area is 141 Å². The monoisotopic (exact) mass is 372 g/mol. The van der Waals surface area contributed by atoms with Crippen molar-refractivity contribution < 1.29 is 19.1 Å². The van der Waals surface area contributed by atoms with Crippen molar-refractivity contribution in [3.8, 4) is 16.9 Å². The highest BCUT2D eigenvalue weighted by atomic mass is 79.9. The van der Waals surface area contributed by atoms with Gasteiger partial charge in [-0.05, 0) is 39.2 Å². The molecule has 0 bridgehead atoms. The largest absolute Gasteiger partial charge is 0.489 e. The Morgan fingerprint density at radius 3 is 2.65 bits per heavy atom. The van der Waals surface area contributed by atoms with Gasteiger partial charge in [-0.1, -0.05) is 42.5 Å². The van der Waals surface area contributed by atoms with E-state index in [1.807, 2.05) is 48.5 Å². The van der Waals surface area contributed by atoms with Crippen LogP contribution >= 0.6 is 15.9 Å². The predicted molar refractivity (Wildman–Crippen MR) is 89.6 cm³/mol. The summed E-state index contributed by atoms with van der Waals surface area (Å²) in [5.41, 5.74) is 2.28. The molecule has 1 N–H and O–H groups in total. The number of carboxylic acids is 1. The van der Waals surface area contributed by atoms with Crippen molar-refractivity contribution in [2.75, 3.05) is 0 Å². The molecule has 23 heavy (non-hydrogen) atoms. The Kier molecular flexibility index (Phi) is 4.48. The first-order valence-electron chi connectivity index (χ1n) is 6.92. The van der Waals surface area contributed by atoms with E-state index in [2.05, 4.69) is 15.9 Å². The summed E-state index contributed by atoms with van der Waals surface area (Å²) in [6.45, 7) is 0.447. The van der Waals surface area contributed by atoms with E-state index in [0.717, 1.165) is 5.56 Å². The number of aromatic carboxylic acids is 1. The SMILES string of the molecule is O=C(O)c1occ(Br)c1-c1cccc(OCc2ccccc2)c1. The molecule has 0 unspecified atom stereocenters. The molecule has 0 saturated heterocycles. The summed E-state index contributed by atoms with van der Waals surface area (Å²) >= 11 is 3.32. The molecule has 5 heteroatoms. The fourth-order valence-corrected chi connectivity index (χ4v) is 2.75. The summed E-state index contributed by atoms with van der Waals surface area (Å²) in [5, 5.41) is 9.22. The second-order valence-electron chi connectivity index (χ2n) is 4.90. The lowest BCUT2D eigenvalue weighted by Gasteiger charge is -2.08. The number of furan rings is 1. The lowest BCUT2D eigenvalue weighted by Crippen LogP contribution is -1.97. The van der Waals surface area contributed by atoms with Gasteiger partial charge in [-0.25, -0.2) is 4.79 Å². The van der Waals surface area contributed by atoms with Gasteiger partial charge in [0.15, 0.2) is 0 Å². The third-order valence-electron chi connectivity index (χ3n) is 3.31. The van der Waals surface area contributed by atoms with Gasteiger partial charge in [0.1, 0.15) is 18.6 Å². The highest BCUT2D eigenvalue weighted by molar-refractivity contribution is 9.10. The molecule has 1 aromatic heterocycles. The quantitative estimate of drug-likeness (QED) is 0.685. The summed E-state index contributed by atoms with van der Waals surface area (Å²) < 4.78 is 11.5. The summed E-state index contributed by atoms with van der Waals surface area (Å²) in [6, 6.07) is 17.1. The Hall–Kier alpha value is -2.53. The summed E-state index contributed by atoms with van der Waals surface area (Å²) in [5.74, 6) is -0.547. The highest BCUT2D eigenvalue weighted by Crippen LogP contribution is 2.35. The molecule has 0 atom stereocenters. The average Bonchev–Trinajstić information content (AvgIpc) is 2.96. The van der Waals surface area contributed by atoms with E-state index < -0.39 is 5.97 Å². The molecule has 0 spiro atoms. The maximum absolute atomic E-state index is 11.3. The van der Waals surface area contributed by atoms with E-state index >= 15 is 0 Å². The average molecular weight is 373 g/mol. The number of rotatable bonds is 5. The number of ether oxygens (including phenoxy) is 1. The van der Waals surface area contributed by atoms with Gasteiger partial charge in [-0.15, -0.1) is 0 Å². The van der Waals surface area contributed by atoms with Crippen LogP contribution in [0.3, 0.4) is 0 Å². The summed E-state index contributed by atoms with van der Waals surface area (Å²) in [4.78, 5) is 11.3. The molecular weight excluding hydrogens is 360 g/mol. The molecule has 0 amide bonds. The van der Waals surface area contributed by atoms with E-state index in [9.17, 15) is 9.90 Å². The van der Waals surface area contributed by atoms with Crippen molar-refractivity contribution in [2.24, 2.45) is 0 Å². The van der Waals surface area contributed by atoms with Crippen molar-refractivity contribution in [3.05, 3.63) is 76.7 Å². The van der Waals surface area contributed by atoms with Crippen molar-refractivity contribution in [1.82, 2.24) is 0 Å². The molecule has 116 valence electrons. The molecule has 0 aliphatic rings. The first-order chi connectivity index (χ1) is 11.1. The van der Waals surface area contributed by atoms with Crippen LogP contribution in [0.25, 0.3) is 11.1 Å². The topological polar surface area (TPSA) is 59.7 Å². The molecule has 0 aliphatic heterocycles. The van der Waals surface area contributed by atoms with Crippen LogP contribution < -0.4 is 4.74 Å². The second-order valence-corrected chi connectivity index (χ2v) is 5.75. The molecule has 0 fully saturated rings. The number of hydrogen-bond donors (Lipinski definition) is 1. The number of hydrogen-bond acceptors (Lipinski definition) is 3.